The van der Waals surface area contributed by atoms with Crippen molar-refractivity contribution in [1.29, 1.82) is 0 Å². The Hall–Kier alpha value is -2.52. The number of hydrazine groups is 1. The molecule has 0 saturated carbocycles. The average molecular weight is 284 g/mol. The second-order valence-corrected chi connectivity index (χ2v) is 3.84. The van der Waals surface area contributed by atoms with Gasteiger partial charge in [-0.2, -0.15) is 0 Å². The van der Waals surface area contributed by atoms with Crippen molar-refractivity contribution < 1.29 is 18.7 Å². The van der Waals surface area contributed by atoms with Gasteiger partial charge in [-0.1, -0.05) is 13.3 Å². The molecule has 1 N–H and O–H groups in total. The maximum absolute atomic E-state index is 5.08. The summed E-state index contributed by atoms with van der Waals surface area (Å²) in [6.07, 6.45) is 1.91. The first-order valence-corrected chi connectivity index (χ1v) is 6.07. The molecule has 0 radical (unpaired) electrons. The molecule has 0 aliphatic carbocycles. The Labute approximate surface area is 114 Å². The molecule has 0 amide bonds. The fourth-order valence-electron chi connectivity index (χ4n) is 1.51. The lowest BCUT2D eigenvalue weighted by Gasteiger charge is -2.21. The molecule has 10 nitrogen and oxygen atoms in total. The van der Waals surface area contributed by atoms with Crippen molar-refractivity contribution in [3.63, 3.8) is 0 Å². The van der Waals surface area contributed by atoms with Gasteiger partial charge in [-0.05, 0) is 27.0 Å². The van der Waals surface area contributed by atoms with Crippen LogP contribution >= 0.6 is 0 Å². The highest BCUT2D eigenvalue weighted by atomic mass is 16.6. The summed E-state index contributed by atoms with van der Waals surface area (Å²) in [4.78, 5) is 0. The highest BCUT2D eigenvalue weighted by molar-refractivity contribution is 5.55. The minimum absolute atomic E-state index is 0.238. The fraction of sp³-hybridized carbons (Fsp3) is 0.600. The highest BCUT2D eigenvalue weighted by Crippen LogP contribution is 2.26. The van der Waals surface area contributed by atoms with Crippen molar-refractivity contribution in [2.45, 2.75) is 19.8 Å². The normalized spacial score (nSPS) is 10.3. The molecule has 0 spiro atoms. The Morgan fingerprint density at radius 3 is 2.45 bits per heavy atom. The Balaban J connectivity index is 2.19. The lowest BCUT2D eigenvalue weighted by Crippen LogP contribution is -2.32. The van der Waals surface area contributed by atoms with Gasteiger partial charge in [0, 0.05) is 6.54 Å². The number of nitrogens with zero attached hydrogens (tertiary/aromatic N) is 5. The molecule has 10 heteroatoms. The van der Waals surface area contributed by atoms with Gasteiger partial charge in [0.05, 0.1) is 14.2 Å². The van der Waals surface area contributed by atoms with E-state index in [0.717, 1.165) is 12.8 Å². The van der Waals surface area contributed by atoms with Crippen LogP contribution in [0.25, 0.3) is 0 Å². The van der Waals surface area contributed by atoms with Crippen LogP contribution in [-0.2, 0) is 0 Å². The van der Waals surface area contributed by atoms with E-state index in [0.29, 0.717) is 18.2 Å². The molecule has 0 aliphatic rings. The van der Waals surface area contributed by atoms with Crippen molar-refractivity contribution in [3.8, 4) is 11.8 Å². The minimum atomic E-state index is 0.238. The van der Waals surface area contributed by atoms with E-state index in [-0.39, 0.29) is 11.8 Å². The molecular weight excluding hydrogens is 268 g/mol. The zero-order valence-electron chi connectivity index (χ0n) is 11.5. The topological polar surface area (TPSA) is 112 Å². The molecule has 2 aromatic heterocycles. The van der Waals surface area contributed by atoms with Crippen molar-refractivity contribution in [2.75, 3.05) is 31.2 Å². The van der Waals surface area contributed by atoms with Crippen LogP contribution in [0.15, 0.2) is 9.26 Å². The van der Waals surface area contributed by atoms with Gasteiger partial charge in [0.2, 0.25) is 0 Å². The van der Waals surface area contributed by atoms with Crippen LogP contribution in [0.1, 0.15) is 19.8 Å². The molecule has 0 atom stereocenters. The Kier molecular flexibility index (Phi) is 4.58. The van der Waals surface area contributed by atoms with Crippen molar-refractivity contribution >= 4 is 11.6 Å². The van der Waals surface area contributed by atoms with Crippen LogP contribution in [0.3, 0.4) is 0 Å². The molecule has 2 aromatic rings. The SMILES string of the molecule is CCCCN(Nc1nonc1OC)c1nonc1OC. The van der Waals surface area contributed by atoms with Crippen LogP contribution in [0.5, 0.6) is 11.8 Å². The van der Waals surface area contributed by atoms with Crippen LogP contribution in [-0.4, -0.2) is 41.4 Å². The van der Waals surface area contributed by atoms with Crippen molar-refractivity contribution in [3.05, 3.63) is 0 Å². The summed E-state index contributed by atoms with van der Waals surface area (Å²) in [5.41, 5.74) is 2.99. The Morgan fingerprint density at radius 2 is 1.75 bits per heavy atom. The standard InChI is InChI=1S/C10H16N6O4/c1-4-5-6-16(8-10(18-3)15-20-13-8)11-7-9(17-2)14-19-12-7/h4-6H2,1-3H3,(H,11,12). The van der Waals surface area contributed by atoms with Crippen molar-refractivity contribution in [1.82, 2.24) is 20.6 Å². The van der Waals surface area contributed by atoms with Crippen molar-refractivity contribution in [2.24, 2.45) is 0 Å². The number of nitrogens with one attached hydrogen (secondary N) is 1. The lowest BCUT2D eigenvalue weighted by molar-refractivity contribution is 0.281. The number of hydrogen-bond donors (Lipinski definition) is 1. The first-order valence-electron chi connectivity index (χ1n) is 6.07. The van der Waals surface area contributed by atoms with E-state index < -0.39 is 0 Å². The van der Waals surface area contributed by atoms with Gasteiger partial charge >= 0.3 is 11.8 Å². The molecular formula is C10H16N6O4. The Bertz CT molecular complexity index is 527. The van der Waals surface area contributed by atoms with Gasteiger partial charge in [0.1, 0.15) is 0 Å². The highest BCUT2D eigenvalue weighted by Gasteiger charge is 2.21. The van der Waals surface area contributed by atoms with Crippen LogP contribution in [0, 0.1) is 0 Å². The molecule has 2 rings (SSSR count). The zero-order valence-corrected chi connectivity index (χ0v) is 11.5. The molecule has 0 aliphatic heterocycles. The average Bonchev–Trinajstić information content (AvgIpc) is 3.11. The first-order chi connectivity index (χ1) is 9.80. The van der Waals surface area contributed by atoms with E-state index in [9.17, 15) is 0 Å². The molecule has 110 valence electrons. The number of anilines is 2. The lowest BCUT2D eigenvalue weighted by atomic mass is 10.3. The molecule has 0 unspecified atom stereocenters. The number of ether oxygens (including phenoxy) is 2. The number of methoxy groups -OCH3 is 2. The van der Waals surface area contributed by atoms with Gasteiger partial charge in [0.15, 0.2) is 0 Å². The van der Waals surface area contributed by atoms with E-state index in [2.05, 4.69) is 42.2 Å². The van der Waals surface area contributed by atoms with Crippen LogP contribution < -0.4 is 19.9 Å². The first kappa shape index (κ1) is 13.9. The van der Waals surface area contributed by atoms with Gasteiger partial charge in [0.25, 0.3) is 11.6 Å². The fourth-order valence-corrected chi connectivity index (χ4v) is 1.51. The molecule has 0 saturated heterocycles. The number of aromatic nitrogens is 4. The predicted octanol–water partition coefficient (Wildman–Crippen LogP) is 1.10. The third-order valence-corrected chi connectivity index (χ3v) is 2.52. The number of unbranched alkanes of at least 4 members (excludes halogenated alkanes) is 1. The quantitative estimate of drug-likeness (QED) is 0.707. The maximum Gasteiger partial charge on any atom is 0.302 e. The second kappa shape index (κ2) is 6.59. The summed E-state index contributed by atoms with van der Waals surface area (Å²) < 4.78 is 19.4. The van der Waals surface area contributed by atoms with Gasteiger partial charge in [-0.15, -0.1) is 0 Å². The van der Waals surface area contributed by atoms with E-state index in [4.69, 9.17) is 9.47 Å². The summed E-state index contributed by atoms with van der Waals surface area (Å²) in [6.45, 7) is 2.71. The van der Waals surface area contributed by atoms with Gasteiger partial charge in [-0.25, -0.2) is 9.26 Å². The van der Waals surface area contributed by atoms with Crippen LogP contribution in [0.2, 0.25) is 0 Å². The van der Waals surface area contributed by atoms with Gasteiger partial charge in [-0.3, -0.25) is 10.4 Å². The summed E-state index contributed by atoms with van der Waals surface area (Å²) in [7, 11) is 2.96. The van der Waals surface area contributed by atoms with Crippen LogP contribution in [0.4, 0.5) is 11.6 Å². The number of rotatable bonds is 8. The molecule has 2 heterocycles. The van der Waals surface area contributed by atoms with E-state index in [1.165, 1.54) is 14.2 Å². The Morgan fingerprint density at radius 1 is 1.05 bits per heavy atom. The molecule has 0 aromatic carbocycles. The molecule has 0 bridgehead atoms. The largest absolute Gasteiger partial charge is 0.476 e. The number of hydrogen-bond acceptors (Lipinski definition) is 10. The molecule has 0 fully saturated rings. The van der Waals surface area contributed by atoms with Gasteiger partial charge < -0.3 is 9.47 Å². The maximum atomic E-state index is 5.08. The summed E-state index contributed by atoms with van der Waals surface area (Å²) in [6, 6.07) is 0. The van der Waals surface area contributed by atoms with E-state index in [1.54, 1.807) is 5.01 Å². The summed E-state index contributed by atoms with van der Waals surface area (Å²) in [5.74, 6) is 1.24. The second-order valence-electron chi connectivity index (χ2n) is 3.84. The zero-order chi connectivity index (χ0) is 14.4. The monoisotopic (exact) mass is 284 g/mol. The third-order valence-electron chi connectivity index (χ3n) is 2.52. The molecule has 20 heavy (non-hydrogen) atoms. The van der Waals surface area contributed by atoms with E-state index in [1.807, 2.05) is 0 Å². The third kappa shape index (κ3) is 2.90. The minimum Gasteiger partial charge on any atom is -0.476 e. The smallest absolute Gasteiger partial charge is 0.302 e. The predicted molar refractivity (Wildman–Crippen MR) is 67.6 cm³/mol. The summed E-state index contributed by atoms with van der Waals surface area (Å²) in [5, 5.41) is 16.5. The summed E-state index contributed by atoms with van der Waals surface area (Å²) >= 11 is 0. The van der Waals surface area contributed by atoms with E-state index >= 15 is 0 Å².